The molecule has 96 valence electrons. The fraction of sp³-hybridized carbons (Fsp3) is 0.0714. The summed E-state index contributed by atoms with van der Waals surface area (Å²) in [6, 6.07) is 4.94. The second-order valence-electron chi connectivity index (χ2n) is 4.01. The molecule has 0 aliphatic carbocycles. The van der Waals surface area contributed by atoms with Gasteiger partial charge in [0.1, 0.15) is 5.82 Å². The van der Waals surface area contributed by atoms with Gasteiger partial charge in [0.2, 0.25) is 0 Å². The zero-order valence-electron chi connectivity index (χ0n) is 10.3. The van der Waals surface area contributed by atoms with E-state index in [4.69, 9.17) is 0 Å². The Morgan fingerprint density at radius 1 is 1.32 bits per heavy atom. The number of hydrogen-bond acceptors (Lipinski definition) is 3. The minimum Gasteiger partial charge on any atom is -0.268 e. The molecule has 0 spiro atoms. The van der Waals surface area contributed by atoms with E-state index < -0.39 is 11.8 Å². The molecule has 0 aromatic heterocycles. The van der Waals surface area contributed by atoms with E-state index in [0.29, 0.717) is 16.8 Å². The molecule has 0 bridgehead atoms. The standard InChI is InChI=1S/C14H11BrN2O2/c1-4-8(2)16-9(3)17-13(18)11-6-5-10(15)7-12(11)14(17)19/h4-7H,1,3H2,2H3. The van der Waals surface area contributed by atoms with Crippen molar-refractivity contribution in [2.45, 2.75) is 6.92 Å². The Balaban J connectivity index is 2.43. The fourth-order valence-electron chi connectivity index (χ4n) is 1.75. The first-order valence-electron chi connectivity index (χ1n) is 5.50. The molecule has 0 atom stereocenters. The van der Waals surface area contributed by atoms with Crippen LogP contribution in [0.1, 0.15) is 27.6 Å². The molecule has 2 rings (SSSR count). The molecule has 1 aromatic rings. The molecule has 0 unspecified atom stereocenters. The number of fused-ring (bicyclic) bond motifs is 1. The molecule has 0 saturated carbocycles. The van der Waals surface area contributed by atoms with Crippen molar-refractivity contribution < 1.29 is 9.59 Å². The number of carbonyl (C=O) groups is 2. The number of hydrogen-bond donors (Lipinski definition) is 0. The van der Waals surface area contributed by atoms with Crippen LogP contribution in [0.4, 0.5) is 0 Å². The summed E-state index contributed by atoms with van der Waals surface area (Å²) in [5, 5.41) is 0. The molecule has 5 heteroatoms. The van der Waals surface area contributed by atoms with Crippen molar-refractivity contribution in [3.8, 4) is 0 Å². The molecule has 0 radical (unpaired) electrons. The van der Waals surface area contributed by atoms with E-state index in [-0.39, 0.29) is 5.82 Å². The topological polar surface area (TPSA) is 49.7 Å². The van der Waals surface area contributed by atoms with E-state index in [9.17, 15) is 9.59 Å². The third kappa shape index (κ3) is 2.29. The first-order valence-corrected chi connectivity index (χ1v) is 6.30. The van der Waals surface area contributed by atoms with Crippen LogP contribution in [-0.2, 0) is 0 Å². The van der Waals surface area contributed by atoms with Crippen LogP contribution in [0.5, 0.6) is 0 Å². The summed E-state index contributed by atoms with van der Waals surface area (Å²) in [4.78, 5) is 29.4. The first kappa shape index (κ1) is 13.4. The summed E-state index contributed by atoms with van der Waals surface area (Å²) >= 11 is 3.28. The SMILES string of the molecule is C=CC(C)=NC(=C)N1C(=O)c2ccc(Br)cc2C1=O. The lowest BCUT2D eigenvalue weighted by Gasteiger charge is -2.12. The highest BCUT2D eigenvalue weighted by Crippen LogP contribution is 2.28. The molecule has 1 aliphatic heterocycles. The van der Waals surface area contributed by atoms with Gasteiger partial charge in [0.25, 0.3) is 11.8 Å². The summed E-state index contributed by atoms with van der Waals surface area (Å²) in [6.07, 6.45) is 1.53. The van der Waals surface area contributed by atoms with Crippen LogP contribution >= 0.6 is 15.9 Å². The van der Waals surface area contributed by atoms with E-state index >= 15 is 0 Å². The third-order valence-electron chi connectivity index (χ3n) is 2.71. The number of allylic oxidation sites excluding steroid dienone is 1. The van der Waals surface area contributed by atoms with Crippen LogP contribution in [0.15, 0.2) is 52.7 Å². The van der Waals surface area contributed by atoms with Crippen LogP contribution in [0.25, 0.3) is 0 Å². The van der Waals surface area contributed by atoms with Crippen molar-refractivity contribution in [2.24, 2.45) is 4.99 Å². The number of rotatable bonds is 3. The molecule has 4 nitrogen and oxygen atoms in total. The highest BCUT2D eigenvalue weighted by Gasteiger charge is 2.37. The third-order valence-corrected chi connectivity index (χ3v) is 3.20. The van der Waals surface area contributed by atoms with E-state index in [1.54, 1.807) is 25.1 Å². The number of halogens is 1. The number of imide groups is 1. The second-order valence-corrected chi connectivity index (χ2v) is 4.92. The van der Waals surface area contributed by atoms with Crippen LogP contribution in [0.3, 0.4) is 0 Å². The second kappa shape index (κ2) is 4.93. The van der Waals surface area contributed by atoms with Crippen molar-refractivity contribution in [2.75, 3.05) is 0 Å². The molecule has 2 amide bonds. The van der Waals surface area contributed by atoms with Crippen molar-refractivity contribution >= 4 is 33.5 Å². The summed E-state index contributed by atoms with van der Waals surface area (Å²) < 4.78 is 0.741. The Morgan fingerprint density at radius 2 is 1.95 bits per heavy atom. The number of aliphatic imine (C=N–C) groups is 1. The highest BCUT2D eigenvalue weighted by atomic mass is 79.9. The minimum absolute atomic E-state index is 0.0970. The fourth-order valence-corrected chi connectivity index (χ4v) is 2.11. The van der Waals surface area contributed by atoms with Gasteiger partial charge in [0.05, 0.1) is 11.1 Å². The van der Waals surface area contributed by atoms with Gasteiger partial charge in [-0.15, -0.1) is 0 Å². The zero-order chi connectivity index (χ0) is 14.2. The van der Waals surface area contributed by atoms with Gasteiger partial charge in [-0.2, -0.15) is 0 Å². The van der Waals surface area contributed by atoms with Gasteiger partial charge in [0.15, 0.2) is 0 Å². The smallest absolute Gasteiger partial charge is 0.267 e. The number of nitrogens with zero attached hydrogens (tertiary/aromatic N) is 2. The van der Waals surface area contributed by atoms with E-state index in [2.05, 4.69) is 34.1 Å². The number of carbonyl (C=O) groups excluding carboxylic acids is 2. The average Bonchev–Trinajstić information content (AvgIpc) is 2.61. The Bertz CT molecular complexity index is 647. The molecule has 1 heterocycles. The van der Waals surface area contributed by atoms with E-state index in [1.165, 1.54) is 6.08 Å². The van der Waals surface area contributed by atoms with Gasteiger partial charge in [-0.05, 0) is 31.2 Å². The van der Waals surface area contributed by atoms with Gasteiger partial charge >= 0.3 is 0 Å². The lowest BCUT2D eigenvalue weighted by atomic mass is 10.1. The highest BCUT2D eigenvalue weighted by molar-refractivity contribution is 9.10. The van der Waals surface area contributed by atoms with Gasteiger partial charge < -0.3 is 0 Å². The maximum atomic E-state index is 12.2. The van der Waals surface area contributed by atoms with Gasteiger partial charge in [-0.25, -0.2) is 9.89 Å². The molecular formula is C14H11BrN2O2. The minimum atomic E-state index is -0.410. The Kier molecular flexibility index (Phi) is 3.48. The van der Waals surface area contributed by atoms with E-state index in [1.807, 2.05) is 0 Å². The van der Waals surface area contributed by atoms with Crippen molar-refractivity contribution in [3.05, 3.63) is 58.9 Å². The molecule has 1 aromatic carbocycles. The normalized spacial score (nSPS) is 14.6. The average molecular weight is 319 g/mol. The summed E-state index contributed by atoms with van der Waals surface area (Å²) in [7, 11) is 0. The van der Waals surface area contributed by atoms with Gasteiger partial charge in [-0.1, -0.05) is 29.1 Å². The summed E-state index contributed by atoms with van der Waals surface area (Å²) in [6.45, 7) is 8.95. The molecule has 19 heavy (non-hydrogen) atoms. The predicted molar refractivity (Wildman–Crippen MR) is 77.1 cm³/mol. The van der Waals surface area contributed by atoms with Crippen LogP contribution in [0, 0.1) is 0 Å². The van der Waals surface area contributed by atoms with Crippen LogP contribution in [0.2, 0.25) is 0 Å². The number of benzene rings is 1. The van der Waals surface area contributed by atoms with Crippen molar-refractivity contribution in [1.82, 2.24) is 4.90 Å². The first-order chi connectivity index (χ1) is 8.95. The maximum Gasteiger partial charge on any atom is 0.267 e. The molecule has 0 N–H and O–H groups in total. The zero-order valence-corrected chi connectivity index (χ0v) is 11.9. The quantitative estimate of drug-likeness (QED) is 0.635. The monoisotopic (exact) mass is 318 g/mol. The molecule has 0 saturated heterocycles. The Hall–Kier alpha value is -2.01. The van der Waals surface area contributed by atoms with Gasteiger partial charge in [-0.3, -0.25) is 9.59 Å². The molecule has 1 aliphatic rings. The maximum absolute atomic E-state index is 12.2. The van der Waals surface area contributed by atoms with Crippen LogP contribution in [-0.4, -0.2) is 22.4 Å². The lowest BCUT2D eigenvalue weighted by Crippen LogP contribution is -2.28. The lowest BCUT2D eigenvalue weighted by molar-refractivity contribution is 0.0703. The summed E-state index contributed by atoms with van der Waals surface area (Å²) in [5.41, 5.74) is 1.30. The van der Waals surface area contributed by atoms with Crippen molar-refractivity contribution in [3.63, 3.8) is 0 Å². The van der Waals surface area contributed by atoms with Crippen molar-refractivity contribution in [1.29, 1.82) is 0 Å². The Morgan fingerprint density at radius 3 is 2.58 bits per heavy atom. The van der Waals surface area contributed by atoms with Gasteiger partial charge in [0, 0.05) is 10.2 Å². The predicted octanol–water partition coefficient (Wildman–Crippen LogP) is 3.16. The largest absolute Gasteiger partial charge is 0.268 e. The Labute approximate surface area is 119 Å². The van der Waals surface area contributed by atoms with E-state index in [0.717, 1.165) is 9.37 Å². The summed E-state index contributed by atoms with van der Waals surface area (Å²) in [5.74, 6) is -0.718. The number of amides is 2. The molecular weight excluding hydrogens is 308 g/mol. The molecule has 0 fully saturated rings. The van der Waals surface area contributed by atoms with Crippen LogP contribution < -0.4 is 0 Å².